The molecule has 2 nitrogen and oxygen atoms in total. The molecule has 1 fully saturated rings. The van der Waals surface area contributed by atoms with E-state index >= 15 is 0 Å². The lowest BCUT2D eigenvalue weighted by atomic mass is 9.87. The summed E-state index contributed by atoms with van der Waals surface area (Å²) in [6.45, 7) is 7.28. The van der Waals surface area contributed by atoms with Crippen molar-refractivity contribution in [3.8, 4) is 5.75 Å². The lowest BCUT2D eigenvalue weighted by Crippen LogP contribution is -2.29. The van der Waals surface area contributed by atoms with Crippen LogP contribution in [0.15, 0.2) is 24.3 Å². The lowest BCUT2D eigenvalue weighted by molar-refractivity contribution is 0.276. The van der Waals surface area contributed by atoms with Gasteiger partial charge in [-0.1, -0.05) is 32.9 Å². The zero-order chi connectivity index (χ0) is 12.5. The van der Waals surface area contributed by atoms with Gasteiger partial charge in [0.1, 0.15) is 12.4 Å². The Morgan fingerprint density at radius 1 is 1.22 bits per heavy atom. The number of ether oxygens (including phenoxy) is 1. The minimum absolute atomic E-state index is 0. The SMILES string of the molecule is CC(C)(C)c1ccc(OCC(N)C2CC2)cc1.Cl. The minimum Gasteiger partial charge on any atom is -0.492 e. The molecule has 0 saturated heterocycles. The molecule has 1 unspecified atom stereocenters. The summed E-state index contributed by atoms with van der Waals surface area (Å²) in [6.07, 6.45) is 2.54. The van der Waals surface area contributed by atoms with Gasteiger partial charge in [0.05, 0.1) is 0 Å². The maximum absolute atomic E-state index is 6.00. The summed E-state index contributed by atoms with van der Waals surface area (Å²) < 4.78 is 5.71. The van der Waals surface area contributed by atoms with Crippen molar-refractivity contribution in [2.45, 2.75) is 45.1 Å². The van der Waals surface area contributed by atoms with Crippen molar-refractivity contribution in [1.29, 1.82) is 0 Å². The third-order valence-electron chi connectivity index (χ3n) is 3.39. The Kier molecular flexibility index (Phi) is 5.06. The van der Waals surface area contributed by atoms with Crippen molar-refractivity contribution in [2.75, 3.05) is 6.61 Å². The Hall–Kier alpha value is -0.730. The van der Waals surface area contributed by atoms with Gasteiger partial charge in [0.15, 0.2) is 0 Å². The Bertz CT molecular complexity index is 365. The van der Waals surface area contributed by atoms with Crippen LogP contribution in [0.25, 0.3) is 0 Å². The van der Waals surface area contributed by atoms with Gasteiger partial charge in [-0.15, -0.1) is 12.4 Å². The molecule has 2 N–H and O–H groups in total. The van der Waals surface area contributed by atoms with Crippen LogP contribution in [0.5, 0.6) is 5.75 Å². The highest BCUT2D eigenvalue weighted by molar-refractivity contribution is 5.85. The molecule has 3 heteroatoms. The number of hydrogen-bond donors (Lipinski definition) is 1. The first-order valence-electron chi connectivity index (χ1n) is 6.46. The van der Waals surface area contributed by atoms with E-state index in [0.29, 0.717) is 12.5 Å². The molecular weight excluding hydrogens is 246 g/mol. The van der Waals surface area contributed by atoms with E-state index < -0.39 is 0 Å². The van der Waals surface area contributed by atoms with E-state index in [2.05, 4.69) is 32.9 Å². The highest BCUT2D eigenvalue weighted by Gasteiger charge is 2.28. The van der Waals surface area contributed by atoms with Gasteiger partial charge in [0, 0.05) is 6.04 Å². The van der Waals surface area contributed by atoms with Crippen LogP contribution in [0.3, 0.4) is 0 Å². The molecule has 0 heterocycles. The van der Waals surface area contributed by atoms with Crippen molar-refractivity contribution in [2.24, 2.45) is 11.7 Å². The maximum atomic E-state index is 6.00. The largest absolute Gasteiger partial charge is 0.492 e. The molecular formula is C15H24ClNO. The molecule has 1 aromatic carbocycles. The fraction of sp³-hybridized carbons (Fsp3) is 0.600. The van der Waals surface area contributed by atoms with Crippen LogP contribution < -0.4 is 10.5 Å². The zero-order valence-electron chi connectivity index (χ0n) is 11.5. The summed E-state index contributed by atoms with van der Waals surface area (Å²) in [7, 11) is 0. The number of hydrogen-bond acceptors (Lipinski definition) is 2. The smallest absolute Gasteiger partial charge is 0.119 e. The van der Waals surface area contributed by atoms with Gasteiger partial charge in [-0.05, 0) is 41.9 Å². The van der Waals surface area contributed by atoms with Crippen molar-refractivity contribution in [3.63, 3.8) is 0 Å². The maximum Gasteiger partial charge on any atom is 0.119 e. The molecule has 0 amide bonds. The standard InChI is InChI=1S/C15H23NO.ClH/c1-15(2,3)12-6-8-13(9-7-12)17-10-14(16)11-4-5-11;/h6-9,11,14H,4-5,10,16H2,1-3H3;1H. The average molecular weight is 270 g/mol. The first-order chi connectivity index (χ1) is 7.97. The van der Waals surface area contributed by atoms with E-state index in [9.17, 15) is 0 Å². The van der Waals surface area contributed by atoms with E-state index in [-0.39, 0.29) is 23.9 Å². The van der Waals surface area contributed by atoms with Crippen molar-refractivity contribution in [3.05, 3.63) is 29.8 Å². The first-order valence-corrected chi connectivity index (χ1v) is 6.46. The van der Waals surface area contributed by atoms with E-state index in [4.69, 9.17) is 10.5 Å². The van der Waals surface area contributed by atoms with Crippen LogP contribution in [0.4, 0.5) is 0 Å². The monoisotopic (exact) mass is 269 g/mol. The third kappa shape index (κ3) is 4.18. The Morgan fingerprint density at radius 3 is 2.22 bits per heavy atom. The van der Waals surface area contributed by atoms with E-state index in [1.54, 1.807) is 0 Å². The Labute approximate surface area is 116 Å². The molecule has 0 spiro atoms. The van der Waals surface area contributed by atoms with Gasteiger partial charge >= 0.3 is 0 Å². The molecule has 1 saturated carbocycles. The van der Waals surface area contributed by atoms with Crippen LogP contribution in [0, 0.1) is 5.92 Å². The average Bonchev–Trinajstić information content (AvgIpc) is 3.09. The summed E-state index contributed by atoms with van der Waals surface area (Å²) in [5.41, 5.74) is 7.53. The molecule has 0 bridgehead atoms. The fourth-order valence-corrected chi connectivity index (χ4v) is 1.90. The van der Waals surface area contributed by atoms with E-state index in [1.807, 2.05) is 12.1 Å². The summed E-state index contributed by atoms with van der Waals surface area (Å²) in [4.78, 5) is 0. The van der Waals surface area contributed by atoms with Crippen LogP contribution in [-0.4, -0.2) is 12.6 Å². The number of nitrogens with two attached hydrogens (primary N) is 1. The molecule has 2 rings (SSSR count). The molecule has 0 aliphatic heterocycles. The quantitative estimate of drug-likeness (QED) is 0.908. The molecule has 1 aliphatic rings. The lowest BCUT2D eigenvalue weighted by Gasteiger charge is -2.19. The second-order valence-electron chi connectivity index (χ2n) is 6.09. The van der Waals surface area contributed by atoms with Crippen molar-refractivity contribution >= 4 is 12.4 Å². The highest BCUT2D eigenvalue weighted by atomic mass is 35.5. The summed E-state index contributed by atoms with van der Waals surface area (Å²) in [6, 6.07) is 8.56. The van der Waals surface area contributed by atoms with Crippen molar-refractivity contribution < 1.29 is 4.74 Å². The van der Waals surface area contributed by atoms with Gasteiger partial charge in [-0.25, -0.2) is 0 Å². The normalized spacial score (nSPS) is 16.9. The molecule has 0 aromatic heterocycles. The van der Waals surface area contributed by atoms with E-state index in [1.165, 1.54) is 18.4 Å². The van der Waals surface area contributed by atoms with Crippen LogP contribution in [0.1, 0.15) is 39.2 Å². The van der Waals surface area contributed by atoms with Gasteiger partial charge < -0.3 is 10.5 Å². The third-order valence-corrected chi connectivity index (χ3v) is 3.39. The van der Waals surface area contributed by atoms with Gasteiger partial charge in [-0.2, -0.15) is 0 Å². The molecule has 1 aliphatic carbocycles. The minimum atomic E-state index is 0. The van der Waals surface area contributed by atoms with Crippen LogP contribution in [-0.2, 0) is 5.41 Å². The highest BCUT2D eigenvalue weighted by Crippen LogP contribution is 2.32. The van der Waals surface area contributed by atoms with Gasteiger partial charge in [0.2, 0.25) is 0 Å². The van der Waals surface area contributed by atoms with E-state index in [0.717, 1.165) is 5.75 Å². The predicted octanol–water partition coefficient (Wildman–Crippen LogP) is 3.52. The Balaban J connectivity index is 0.00000162. The summed E-state index contributed by atoms with van der Waals surface area (Å²) in [5.74, 6) is 1.62. The number of benzene rings is 1. The molecule has 102 valence electrons. The van der Waals surface area contributed by atoms with Crippen LogP contribution in [0.2, 0.25) is 0 Å². The Morgan fingerprint density at radius 2 is 1.78 bits per heavy atom. The number of halogens is 1. The molecule has 18 heavy (non-hydrogen) atoms. The summed E-state index contributed by atoms with van der Waals surface area (Å²) in [5, 5.41) is 0. The van der Waals surface area contributed by atoms with Gasteiger partial charge in [0.25, 0.3) is 0 Å². The number of rotatable bonds is 4. The predicted molar refractivity (Wildman–Crippen MR) is 78.6 cm³/mol. The molecule has 1 aromatic rings. The fourth-order valence-electron chi connectivity index (χ4n) is 1.90. The van der Waals surface area contributed by atoms with Crippen LogP contribution >= 0.6 is 12.4 Å². The van der Waals surface area contributed by atoms with Gasteiger partial charge in [-0.3, -0.25) is 0 Å². The second-order valence-corrected chi connectivity index (χ2v) is 6.09. The zero-order valence-corrected chi connectivity index (χ0v) is 12.3. The van der Waals surface area contributed by atoms with Crippen molar-refractivity contribution in [1.82, 2.24) is 0 Å². The topological polar surface area (TPSA) is 35.2 Å². The second kappa shape index (κ2) is 5.94. The summed E-state index contributed by atoms with van der Waals surface area (Å²) >= 11 is 0. The first kappa shape index (κ1) is 15.3. The molecule has 0 radical (unpaired) electrons. The molecule has 1 atom stereocenters.